The number of nitrogens with two attached hydrogens (primary N) is 1. The molecule has 4 nitrogen and oxygen atoms in total. The lowest BCUT2D eigenvalue weighted by Gasteiger charge is -2.12. The molecule has 3 N–H and O–H groups in total. The first-order chi connectivity index (χ1) is 11.7. The summed E-state index contributed by atoms with van der Waals surface area (Å²) < 4.78 is 6.42. The Bertz CT molecular complexity index is 731. The van der Waals surface area contributed by atoms with E-state index >= 15 is 0 Å². The number of halogens is 1. The Morgan fingerprint density at radius 1 is 1.33 bits per heavy atom. The van der Waals surface area contributed by atoms with Gasteiger partial charge in [-0.25, -0.2) is 0 Å². The van der Waals surface area contributed by atoms with Gasteiger partial charge in [-0.15, -0.1) is 11.8 Å². The van der Waals surface area contributed by atoms with Gasteiger partial charge in [-0.1, -0.05) is 22.0 Å². The number of methoxy groups -OCH3 is 1. The van der Waals surface area contributed by atoms with Crippen molar-refractivity contribution >= 4 is 33.4 Å². The fraction of sp³-hybridized carbons (Fsp3) is 0.278. The van der Waals surface area contributed by atoms with Crippen molar-refractivity contribution in [2.45, 2.75) is 17.1 Å². The maximum Gasteiger partial charge on any atom is 0.122 e. The van der Waals surface area contributed by atoms with E-state index in [0.29, 0.717) is 12.1 Å². The smallest absolute Gasteiger partial charge is 0.122 e. The number of benzene rings is 2. The number of anilines is 1. The molecule has 0 saturated carbocycles. The van der Waals surface area contributed by atoms with Crippen LogP contribution in [-0.2, 0) is 5.75 Å². The van der Waals surface area contributed by atoms with E-state index in [1.807, 2.05) is 36.4 Å². The van der Waals surface area contributed by atoms with E-state index in [2.05, 4.69) is 27.3 Å². The van der Waals surface area contributed by atoms with Gasteiger partial charge in [0.1, 0.15) is 11.8 Å². The minimum absolute atomic E-state index is 0.631. The van der Waals surface area contributed by atoms with Crippen LogP contribution in [0.4, 0.5) is 5.69 Å². The summed E-state index contributed by atoms with van der Waals surface area (Å²) in [5.41, 5.74) is 8.14. The first-order valence-corrected chi connectivity index (χ1v) is 9.39. The molecule has 0 heterocycles. The number of nitrogens with one attached hydrogen (secondary N) is 1. The normalized spacial score (nSPS) is 10.2. The summed E-state index contributed by atoms with van der Waals surface area (Å²) in [6.45, 7) is 1.39. The predicted octanol–water partition coefficient (Wildman–Crippen LogP) is 4.38. The molecule has 0 radical (unpaired) electrons. The van der Waals surface area contributed by atoms with Crippen LogP contribution in [0.5, 0.6) is 5.75 Å². The summed E-state index contributed by atoms with van der Waals surface area (Å²) in [4.78, 5) is 0.956. The number of nitrogens with zero attached hydrogens (tertiary/aromatic N) is 1. The number of rotatable bonds is 8. The molecule has 0 amide bonds. The number of nitriles is 1. The van der Waals surface area contributed by atoms with Crippen molar-refractivity contribution in [2.75, 3.05) is 25.5 Å². The number of ether oxygens (including phenoxy) is 1. The van der Waals surface area contributed by atoms with Crippen LogP contribution in [0, 0.1) is 11.3 Å². The van der Waals surface area contributed by atoms with Gasteiger partial charge in [0.25, 0.3) is 0 Å². The van der Waals surface area contributed by atoms with Gasteiger partial charge in [-0.2, -0.15) is 5.26 Å². The maximum absolute atomic E-state index is 9.54. The second-order valence-corrected chi connectivity index (χ2v) is 7.04. The highest BCUT2D eigenvalue weighted by Gasteiger charge is 2.10. The molecule has 0 aromatic heterocycles. The molecule has 0 aliphatic heterocycles. The lowest BCUT2D eigenvalue weighted by molar-refractivity contribution is 0.411. The second-order valence-electron chi connectivity index (χ2n) is 5.10. The van der Waals surface area contributed by atoms with Crippen molar-refractivity contribution in [1.82, 2.24) is 0 Å². The maximum atomic E-state index is 9.54. The van der Waals surface area contributed by atoms with Gasteiger partial charge in [-0.05, 0) is 43.3 Å². The van der Waals surface area contributed by atoms with Crippen LogP contribution >= 0.6 is 27.7 Å². The summed E-state index contributed by atoms with van der Waals surface area (Å²) in [7, 11) is 1.67. The molecule has 0 fully saturated rings. The van der Waals surface area contributed by atoms with Gasteiger partial charge < -0.3 is 15.8 Å². The molecule has 6 heteroatoms. The number of hydrogen-bond donors (Lipinski definition) is 2. The van der Waals surface area contributed by atoms with Crippen LogP contribution in [0.15, 0.2) is 45.8 Å². The SMILES string of the molecule is COc1ccc(Br)cc1CSc1cccc(NCCCN)c1C#N. The van der Waals surface area contributed by atoms with E-state index in [9.17, 15) is 5.26 Å². The molecule has 2 aromatic rings. The van der Waals surface area contributed by atoms with Crippen molar-refractivity contribution in [3.8, 4) is 11.8 Å². The van der Waals surface area contributed by atoms with Gasteiger partial charge in [0, 0.05) is 27.2 Å². The van der Waals surface area contributed by atoms with Crippen molar-refractivity contribution in [3.63, 3.8) is 0 Å². The van der Waals surface area contributed by atoms with Gasteiger partial charge >= 0.3 is 0 Å². The lowest BCUT2D eigenvalue weighted by atomic mass is 10.2. The van der Waals surface area contributed by atoms with Crippen LogP contribution < -0.4 is 15.8 Å². The van der Waals surface area contributed by atoms with Gasteiger partial charge in [0.15, 0.2) is 0 Å². The molecular weight excluding hydrogens is 386 g/mol. The van der Waals surface area contributed by atoms with Crippen molar-refractivity contribution in [3.05, 3.63) is 52.0 Å². The monoisotopic (exact) mass is 405 g/mol. The van der Waals surface area contributed by atoms with Crippen LogP contribution in [-0.4, -0.2) is 20.2 Å². The first kappa shape index (κ1) is 18.7. The molecule has 2 aromatic carbocycles. The summed E-state index contributed by atoms with van der Waals surface area (Å²) in [6, 6.07) is 14.1. The van der Waals surface area contributed by atoms with E-state index in [-0.39, 0.29) is 0 Å². The zero-order valence-electron chi connectivity index (χ0n) is 13.5. The zero-order valence-corrected chi connectivity index (χ0v) is 15.9. The zero-order chi connectivity index (χ0) is 17.4. The molecule has 0 aliphatic carbocycles. The quantitative estimate of drug-likeness (QED) is 0.503. The third kappa shape index (κ3) is 4.91. The summed E-state index contributed by atoms with van der Waals surface area (Å²) in [5.74, 6) is 1.57. The molecule has 0 spiro atoms. The van der Waals surface area contributed by atoms with Crippen molar-refractivity contribution < 1.29 is 4.74 Å². The van der Waals surface area contributed by atoms with Crippen LogP contribution in [0.25, 0.3) is 0 Å². The number of hydrogen-bond acceptors (Lipinski definition) is 5. The van der Waals surface area contributed by atoms with E-state index in [0.717, 1.165) is 45.1 Å². The predicted molar refractivity (Wildman–Crippen MR) is 104 cm³/mol. The average Bonchev–Trinajstić information content (AvgIpc) is 2.60. The molecule has 126 valence electrons. The Morgan fingerprint density at radius 2 is 2.17 bits per heavy atom. The molecular formula is C18H20BrN3OS. The third-order valence-corrected chi connectivity index (χ3v) is 5.06. The van der Waals surface area contributed by atoms with Crippen molar-refractivity contribution in [2.24, 2.45) is 5.73 Å². The Morgan fingerprint density at radius 3 is 2.88 bits per heavy atom. The van der Waals surface area contributed by atoms with Gasteiger partial charge in [-0.3, -0.25) is 0 Å². The molecule has 0 unspecified atom stereocenters. The third-order valence-electron chi connectivity index (χ3n) is 3.46. The van der Waals surface area contributed by atoms with E-state index in [1.54, 1.807) is 18.9 Å². The topological polar surface area (TPSA) is 71.1 Å². The van der Waals surface area contributed by atoms with Crippen LogP contribution in [0.3, 0.4) is 0 Å². The Labute approximate surface area is 155 Å². The largest absolute Gasteiger partial charge is 0.496 e. The molecule has 0 bridgehead atoms. The Kier molecular flexibility index (Phi) is 7.44. The van der Waals surface area contributed by atoms with E-state index < -0.39 is 0 Å². The van der Waals surface area contributed by atoms with Crippen LogP contribution in [0.2, 0.25) is 0 Å². The van der Waals surface area contributed by atoms with Gasteiger partial charge in [0.05, 0.1) is 18.4 Å². The highest BCUT2D eigenvalue weighted by molar-refractivity contribution is 9.10. The highest BCUT2D eigenvalue weighted by Crippen LogP contribution is 2.33. The van der Waals surface area contributed by atoms with Gasteiger partial charge in [0.2, 0.25) is 0 Å². The fourth-order valence-electron chi connectivity index (χ4n) is 2.25. The average molecular weight is 406 g/mol. The Balaban J connectivity index is 2.17. The highest BCUT2D eigenvalue weighted by atomic mass is 79.9. The Hall–Kier alpha value is -1.68. The second kappa shape index (κ2) is 9.58. The molecule has 0 saturated heterocycles. The standard InChI is InChI=1S/C18H20BrN3OS/c1-23-17-7-6-14(19)10-13(17)12-24-18-5-2-4-16(15(18)11-21)22-9-3-8-20/h2,4-7,10,22H,3,8-9,12,20H2,1H3. The van der Waals surface area contributed by atoms with Crippen molar-refractivity contribution in [1.29, 1.82) is 5.26 Å². The summed E-state index contributed by atoms with van der Waals surface area (Å²) >= 11 is 5.12. The van der Waals surface area contributed by atoms with E-state index in [4.69, 9.17) is 10.5 Å². The minimum atomic E-state index is 0.631. The van der Waals surface area contributed by atoms with E-state index in [1.165, 1.54) is 0 Å². The van der Waals surface area contributed by atoms with Crippen LogP contribution in [0.1, 0.15) is 17.5 Å². The molecule has 2 rings (SSSR count). The summed E-state index contributed by atoms with van der Waals surface area (Å²) in [6.07, 6.45) is 0.873. The first-order valence-electron chi connectivity index (χ1n) is 7.62. The number of thioether (sulfide) groups is 1. The fourth-order valence-corrected chi connectivity index (χ4v) is 3.67. The molecule has 24 heavy (non-hydrogen) atoms. The lowest BCUT2D eigenvalue weighted by Crippen LogP contribution is -2.09. The minimum Gasteiger partial charge on any atom is -0.496 e. The molecule has 0 atom stereocenters. The molecule has 0 aliphatic rings. The summed E-state index contributed by atoms with van der Waals surface area (Å²) in [5, 5.41) is 12.8.